The van der Waals surface area contributed by atoms with Gasteiger partial charge in [0.2, 0.25) is 17.6 Å². The fourth-order valence-electron chi connectivity index (χ4n) is 6.52. The third-order valence-corrected chi connectivity index (χ3v) is 9.35. The van der Waals surface area contributed by atoms with E-state index in [1.165, 1.54) is 49.5 Å². The van der Waals surface area contributed by atoms with Crippen LogP contribution in [-0.2, 0) is 29.0 Å². The van der Waals surface area contributed by atoms with Gasteiger partial charge in [-0.25, -0.2) is 4.39 Å². The molecule has 3 amide bonds. The van der Waals surface area contributed by atoms with Crippen LogP contribution in [0.1, 0.15) is 27.0 Å². The van der Waals surface area contributed by atoms with Crippen molar-refractivity contribution in [2.45, 2.75) is 25.4 Å². The molecular weight excluding hydrogens is 685 g/mol. The molecule has 1 atom stereocenters. The number of hydrogen-bond acceptors (Lipinski definition) is 9. The van der Waals surface area contributed by atoms with Crippen LogP contribution in [-0.4, -0.2) is 96.9 Å². The number of fused-ring (bicyclic) bond motifs is 4. The molecule has 13 nitrogen and oxygen atoms in total. The first-order valence-corrected chi connectivity index (χ1v) is 17.2. The molecule has 53 heavy (non-hydrogen) atoms. The maximum absolute atomic E-state index is 14.1. The average molecular weight is 726 g/mol. The summed E-state index contributed by atoms with van der Waals surface area (Å²) < 4.78 is 30.2. The minimum Gasteiger partial charge on any atom is -0.493 e. The molecule has 1 saturated heterocycles. The zero-order valence-electron chi connectivity index (χ0n) is 29.5. The molecule has 4 bridgehead atoms. The lowest BCUT2D eigenvalue weighted by molar-refractivity contribution is -0.385. The van der Waals surface area contributed by atoms with Gasteiger partial charge in [0.1, 0.15) is 17.6 Å². The Bertz CT molecular complexity index is 1980. The van der Waals surface area contributed by atoms with E-state index in [2.05, 4.69) is 10.2 Å². The van der Waals surface area contributed by atoms with Crippen LogP contribution < -0.4 is 19.5 Å². The number of nitro groups is 1. The zero-order chi connectivity index (χ0) is 37.5. The topological polar surface area (TPSA) is 144 Å². The van der Waals surface area contributed by atoms with E-state index < -0.39 is 22.8 Å². The van der Waals surface area contributed by atoms with Gasteiger partial charge in [-0.05, 0) is 65.6 Å². The third-order valence-electron chi connectivity index (χ3n) is 9.35. The highest BCUT2D eigenvalue weighted by atomic mass is 19.1. The van der Waals surface area contributed by atoms with Crippen molar-refractivity contribution < 1.29 is 37.9 Å². The van der Waals surface area contributed by atoms with Gasteiger partial charge < -0.3 is 29.3 Å². The lowest BCUT2D eigenvalue weighted by Gasteiger charge is -2.36. The molecule has 0 saturated carbocycles. The Labute approximate surface area is 306 Å². The Kier molecular flexibility index (Phi) is 11.5. The Morgan fingerprint density at radius 2 is 1.66 bits per heavy atom. The van der Waals surface area contributed by atoms with Gasteiger partial charge in [-0.1, -0.05) is 30.3 Å². The van der Waals surface area contributed by atoms with E-state index >= 15 is 0 Å². The number of nitrogens with zero attached hydrogens (tertiary/aromatic N) is 4. The van der Waals surface area contributed by atoms with Crippen LogP contribution >= 0.6 is 0 Å². The molecule has 4 aromatic rings. The molecule has 1 N–H and O–H groups in total. The van der Waals surface area contributed by atoms with Crippen LogP contribution in [0.3, 0.4) is 0 Å². The van der Waals surface area contributed by atoms with Gasteiger partial charge >= 0.3 is 5.69 Å². The first-order chi connectivity index (χ1) is 25.6. The molecule has 2 heterocycles. The zero-order valence-corrected chi connectivity index (χ0v) is 29.5. The maximum atomic E-state index is 14.1. The predicted octanol–water partition coefficient (Wildman–Crippen LogP) is 4.61. The second kappa shape index (κ2) is 16.5. The lowest BCUT2D eigenvalue weighted by Crippen LogP contribution is -2.56. The van der Waals surface area contributed by atoms with E-state index in [0.717, 1.165) is 11.1 Å². The van der Waals surface area contributed by atoms with Crippen LogP contribution in [0.15, 0.2) is 84.9 Å². The number of methoxy groups -OCH3 is 2. The van der Waals surface area contributed by atoms with E-state index in [0.29, 0.717) is 56.2 Å². The summed E-state index contributed by atoms with van der Waals surface area (Å²) in [6.45, 7) is 2.34. The second-order valence-electron chi connectivity index (χ2n) is 12.9. The molecule has 0 aromatic heterocycles. The summed E-state index contributed by atoms with van der Waals surface area (Å²) >= 11 is 0. The Hall–Kier alpha value is -6.02. The van der Waals surface area contributed by atoms with Gasteiger partial charge in [0.05, 0.1) is 25.7 Å². The molecule has 2 aliphatic heterocycles. The highest BCUT2D eigenvalue weighted by molar-refractivity contribution is 5.98. The van der Waals surface area contributed by atoms with Crippen LogP contribution in [0.5, 0.6) is 23.0 Å². The van der Waals surface area contributed by atoms with E-state index in [1.54, 1.807) is 53.4 Å². The summed E-state index contributed by atoms with van der Waals surface area (Å²) in [6, 6.07) is 21.3. The number of nitro benzene ring substituents is 1. The van der Waals surface area contributed by atoms with Gasteiger partial charge in [0.25, 0.3) is 5.91 Å². The average Bonchev–Trinajstić information content (AvgIpc) is 3.16. The van der Waals surface area contributed by atoms with Crippen LogP contribution in [0, 0.1) is 15.9 Å². The Balaban J connectivity index is 1.26. The highest BCUT2D eigenvalue weighted by Gasteiger charge is 2.31. The summed E-state index contributed by atoms with van der Waals surface area (Å²) in [6.07, 6.45) is 0.449. The first kappa shape index (κ1) is 36.8. The summed E-state index contributed by atoms with van der Waals surface area (Å²) in [4.78, 5) is 58.6. The lowest BCUT2D eigenvalue weighted by atomic mass is 10.0. The number of piperazine rings is 1. The molecule has 2 aliphatic rings. The summed E-state index contributed by atoms with van der Waals surface area (Å²) in [5.41, 5.74) is 2.19. The van der Waals surface area contributed by atoms with Gasteiger partial charge in [0, 0.05) is 63.4 Å². The summed E-state index contributed by atoms with van der Waals surface area (Å²) in [5.74, 6) is -0.479. The number of nitrogens with one attached hydrogen (secondary N) is 1. The smallest absolute Gasteiger partial charge is 0.311 e. The molecule has 1 unspecified atom stereocenters. The normalized spacial score (nSPS) is 16.6. The van der Waals surface area contributed by atoms with Crippen molar-refractivity contribution >= 4 is 23.4 Å². The number of hydrogen-bond donors (Lipinski definition) is 1. The van der Waals surface area contributed by atoms with Gasteiger partial charge in [-0.2, -0.15) is 0 Å². The van der Waals surface area contributed by atoms with Crippen LogP contribution in [0.25, 0.3) is 0 Å². The largest absolute Gasteiger partial charge is 0.493 e. The van der Waals surface area contributed by atoms with Crippen molar-refractivity contribution in [2.75, 3.05) is 53.5 Å². The number of carbonyl (C=O) groups is 3. The number of benzene rings is 4. The molecule has 0 aliphatic carbocycles. The minimum atomic E-state index is -0.973. The number of carbonyl (C=O) groups excluding carboxylic acids is 3. The van der Waals surface area contributed by atoms with E-state index in [1.807, 2.05) is 6.07 Å². The van der Waals surface area contributed by atoms with Gasteiger partial charge in [0.15, 0.2) is 11.5 Å². The van der Waals surface area contributed by atoms with Crippen LogP contribution in [0.2, 0.25) is 0 Å². The number of ether oxygens (including phenoxy) is 3. The number of amides is 3. The van der Waals surface area contributed by atoms with Crippen molar-refractivity contribution in [1.29, 1.82) is 0 Å². The van der Waals surface area contributed by atoms with Crippen LogP contribution in [0.4, 0.5) is 10.1 Å². The Morgan fingerprint density at radius 3 is 2.38 bits per heavy atom. The van der Waals surface area contributed by atoms with E-state index in [9.17, 15) is 28.9 Å². The molecule has 14 heteroatoms. The summed E-state index contributed by atoms with van der Waals surface area (Å²) in [5, 5.41) is 14.9. The second-order valence-corrected chi connectivity index (χ2v) is 12.9. The van der Waals surface area contributed by atoms with Crippen molar-refractivity contribution in [2.24, 2.45) is 0 Å². The number of rotatable bonds is 9. The van der Waals surface area contributed by atoms with Gasteiger partial charge in [-0.3, -0.25) is 29.4 Å². The van der Waals surface area contributed by atoms with E-state index in [4.69, 9.17) is 14.2 Å². The maximum Gasteiger partial charge on any atom is 0.311 e. The molecule has 0 spiro atoms. The molecule has 6 rings (SSSR count). The van der Waals surface area contributed by atoms with E-state index in [-0.39, 0.29) is 54.0 Å². The summed E-state index contributed by atoms with van der Waals surface area (Å²) in [7, 11) is 3.05. The molecule has 1 fully saturated rings. The third kappa shape index (κ3) is 9.08. The molecule has 0 radical (unpaired) electrons. The predicted molar refractivity (Wildman–Crippen MR) is 193 cm³/mol. The Morgan fingerprint density at radius 1 is 0.925 bits per heavy atom. The fraction of sp³-hybridized carbons (Fsp3) is 0.308. The van der Waals surface area contributed by atoms with Gasteiger partial charge in [-0.15, -0.1) is 0 Å². The first-order valence-electron chi connectivity index (χ1n) is 17.2. The quantitative estimate of drug-likeness (QED) is 0.193. The van der Waals surface area contributed by atoms with Crippen molar-refractivity contribution in [1.82, 2.24) is 20.0 Å². The number of halogens is 1. The minimum absolute atomic E-state index is 0.0880. The monoisotopic (exact) mass is 725 g/mol. The molecule has 4 aromatic carbocycles. The SMILES string of the molecule is COc1ccc(CCN2CC(=O)NC(C(=O)N3CCN(Cc4ccc(F)cc4)CC3)Cc3cccc(c3)Oc3cc(ccc3[N+](=O)[O-])C2=O)cc1OC. The van der Waals surface area contributed by atoms with Crippen molar-refractivity contribution in [3.63, 3.8) is 0 Å². The fourth-order valence-corrected chi connectivity index (χ4v) is 6.52. The highest BCUT2D eigenvalue weighted by Crippen LogP contribution is 2.34. The van der Waals surface area contributed by atoms with Crippen molar-refractivity contribution in [3.05, 3.63) is 123 Å². The molecule has 276 valence electrons. The standard InChI is InChI=1S/C39H40FN5O8/c1-51-34-13-8-26(22-36(34)52-2)14-15-44-25-37(46)41-32(39(48)43-18-16-42(17-19-43)24-27-6-10-30(40)11-7-27)21-28-4-3-5-31(20-28)53-35-23-29(38(44)47)9-12-33(35)45(49)50/h3-13,20,22-23,32H,14-19,21,24-25H2,1-2H3,(H,41,46). The van der Waals surface area contributed by atoms with Crippen molar-refractivity contribution in [3.8, 4) is 23.0 Å². The molecular formula is C39H40FN5O8.